The molecule has 104 valence electrons. The molecule has 0 spiro atoms. The monoisotopic (exact) mass is 348 g/mol. The smallest absolute Gasteiger partial charge is 0.303 e. The predicted octanol–water partition coefficient (Wildman–Crippen LogP) is 1.64. The molecular weight excluding hydrogens is 336 g/mol. The van der Waals surface area contributed by atoms with Crippen LogP contribution in [-0.4, -0.2) is 38.0 Å². The second-order valence-corrected chi connectivity index (χ2v) is 7.41. The lowest BCUT2D eigenvalue weighted by Gasteiger charge is -2.26. The second kappa shape index (κ2) is 5.60. The summed E-state index contributed by atoms with van der Waals surface area (Å²) in [6, 6.07) is 4.84. The Labute approximate surface area is 119 Å². The van der Waals surface area contributed by atoms with Crippen molar-refractivity contribution in [1.29, 1.82) is 0 Å². The fourth-order valence-electron chi connectivity index (χ4n) is 1.75. The Bertz CT molecular complexity index is 592. The van der Waals surface area contributed by atoms with E-state index in [1.807, 2.05) is 0 Å². The molecule has 1 aromatic carbocycles. The van der Waals surface area contributed by atoms with Crippen LogP contribution in [0.5, 0.6) is 0 Å². The first-order valence-electron chi connectivity index (χ1n) is 5.73. The van der Waals surface area contributed by atoms with Crippen LogP contribution in [0.2, 0.25) is 0 Å². The number of halogens is 1. The standard InChI is InChI=1S/C12H13BrO5S/c13-10-5-8(2-4-12(14)15)1-3-11(10)19(16,17)9-6-18-7-9/h1,3,5,9H,2,4,6-7H2,(H,14,15). The highest BCUT2D eigenvalue weighted by Crippen LogP contribution is 2.29. The topological polar surface area (TPSA) is 80.7 Å². The second-order valence-electron chi connectivity index (χ2n) is 4.36. The van der Waals surface area contributed by atoms with Crippen molar-refractivity contribution < 1.29 is 23.1 Å². The summed E-state index contributed by atoms with van der Waals surface area (Å²) in [6.45, 7) is 0.463. The van der Waals surface area contributed by atoms with Crippen LogP contribution in [0.25, 0.3) is 0 Å². The van der Waals surface area contributed by atoms with Crippen molar-refractivity contribution >= 4 is 31.7 Å². The number of hydrogen-bond donors (Lipinski definition) is 1. The highest BCUT2D eigenvalue weighted by atomic mass is 79.9. The maximum Gasteiger partial charge on any atom is 0.303 e. The van der Waals surface area contributed by atoms with Crippen LogP contribution < -0.4 is 0 Å². The Morgan fingerprint density at radius 2 is 2.11 bits per heavy atom. The van der Waals surface area contributed by atoms with Crippen LogP contribution in [-0.2, 0) is 25.8 Å². The number of carboxylic acid groups (broad SMARTS) is 1. The number of ether oxygens (including phenoxy) is 1. The number of benzene rings is 1. The number of sulfone groups is 1. The lowest BCUT2D eigenvalue weighted by molar-refractivity contribution is -0.136. The van der Waals surface area contributed by atoms with Crippen LogP contribution in [0.3, 0.4) is 0 Å². The first-order chi connectivity index (χ1) is 8.91. The van der Waals surface area contributed by atoms with Crippen molar-refractivity contribution in [2.45, 2.75) is 23.0 Å². The molecular formula is C12H13BrO5S. The average Bonchev–Trinajstić information content (AvgIpc) is 2.22. The molecule has 1 aromatic rings. The zero-order valence-corrected chi connectivity index (χ0v) is 12.4. The molecule has 0 aliphatic carbocycles. The van der Waals surface area contributed by atoms with Gasteiger partial charge in [0.1, 0.15) is 5.25 Å². The fourth-order valence-corrected chi connectivity index (χ4v) is 4.36. The van der Waals surface area contributed by atoms with Gasteiger partial charge < -0.3 is 9.84 Å². The highest BCUT2D eigenvalue weighted by Gasteiger charge is 2.35. The first kappa shape index (κ1) is 14.5. The van der Waals surface area contributed by atoms with E-state index in [-0.39, 0.29) is 24.5 Å². The lowest BCUT2D eigenvalue weighted by atomic mass is 10.1. The zero-order valence-electron chi connectivity index (χ0n) is 10.0. The van der Waals surface area contributed by atoms with E-state index >= 15 is 0 Å². The molecule has 0 atom stereocenters. The zero-order chi connectivity index (χ0) is 14.0. The lowest BCUT2D eigenvalue weighted by Crippen LogP contribution is -2.40. The van der Waals surface area contributed by atoms with Gasteiger partial charge in [-0.2, -0.15) is 0 Å². The molecule has 0 saturated carbocycles. The predicted molar refractivity (Wildman–Crippen MR) is 71.9 cm³/mol. The molecule has 0 bridgehead atoms. The summed E-state index contributed by atoms with van der Waals surface area (Å²) in [7, 11) is -3.37. The maximum absolute atomic E-state index is 12.2. The van der Waals surface area contributed by atoms with E-state index in [1.54, 1.807) is 12.1 Å². The normalized spacial score (nSPS) is 16.1. The summed E-state index contributed by atoms with van der Waals surface area (Å²) in [5, 5.41) is 8.14. The molecule has 1 saturated heterocycles. The molecule has 0 unspecified atom stereocenters. The molecule has 19 heavy (non-hydrogen) atoms. The third kappa shape index (κ3) is 3.16. The Balaban J connectivity index is 2.21. The molecule has 1 aliphatic rings. The van der Waals surface area contributed by atoms with Crippen molar-refractivity contribution in [1.82, 2.24) is 0 Å². The van der Waals surface area contributed by atoms with E-state index in [4.69, 9.17) is 9.84 Å². The van der Waals surface area contributed by atoms with Crippen molar-refractivity contribution in [3.63, 3.8) is 0 Å². The van der Waals surface area contributed by atoms with Gasteiger partial charge in [0.2, 0.25) is 0 Å². The van der Waals surface area contributed by atoms with Gasteiger partial charge in [-0.05, 0) is 40.0 Å². The van der Waals surface area contributed by atoms with E-state index < -0.39 is 21.1 Å². The SMILES string of the molecule is O=C(O)CCc1ccc(S(=O)(=O)C2COC2)c(Br)c1. The van der Waals surface area contributed by atoms with E-state index in [1.165, 1.54) is 6.07 Å². The number of aryl methyl sites for hydroxylation is 1. The van der Waals surface area contributed by atoms with E-state index in [0.717, 1.165) is 5.56 Å². The molecule has 1 heterocycles. The van der Waals surface area contributed by atoms with Crippen LogP contribution in [0.4, 0.5) is 0 Å². The van der Waals surface area contributed by atoms with Gasteiger partial charge in [-0.15, -0.1) is 0 Å². The van der Waals surface area contributed by atoms with Crippen LogP contribution >= 0.6 is 15.9 Å². The number of carboxylic acids is 1. The number of carbonyl (C=O) groups is 1. The summed E-state index contributed by atoms with van der Waals surface area (Å²) in [5.41, 5.74) is 0.790. The van der Waals surface area contributed by atoms with Crippen LogP contribution in [0.1, 0.15) is 12.0 Å². The quantitative estimate of drug-likeness (QED) is 0.874. The Kier molecular flexibility index (Phi) is 4.27. The fraction of sp³-hybridized carbons (Fsp3) is 0.417. The van der Waals surface area contributed by atoms with Gasteiger partial charge in [0, 0.05) is 10.9 Å². The van der Waals surface area contributed by atoms with Crippen molar-refractivity contribution in [2.24, 2.45) is 0 Å². The number of hydrogen-bond acceptors (Lipinski definition) is 4. The number of rotatable bonds is 5. The van der Waals surface area contributed by atoms with Crippen LogP contribution in [0, 0.1) is 0 Å². The minimum Gasteiger partial charge on any atom is -0.481 e. The summed E-state index contributed by atoms with van der Waals surface area (Å²) >= 11 is 3.24. The van der Waals surface area contributed by atoms with Gasteiger partial charge in [-0.1, -0.05) is 6.07 Å². The van der Waals surface area contributed by atoms with Gasteiger partial charge in [-0.3, -0.25) is 4.79 Å². The van der Waals surface area contributed by atoms with Gasteiger partial charge in [0.15, 0.2) is 9.84 Å². The van der Waals surface area contributed by atoms with Crippen molar-refractivity contribution in [3.8, 4) is 0 Å². The maximum atomic E-state index is 12.2. The summed E-state index contributed by atoms with van der Waals surface area (Å²) in [4.78, 5) is 10.7. The Morgan fingerprint density at radius 3 is 2.58 bits per heavy atom. The van der Waals surface area contributed by atoms with E-state index in [0.29, 0.717) is 10.9 Å². The van der Waals surface area contributed by atoms with E-state index in [2.05, 4.69) is 15.9 Å². The van der Waals surface area contributed by atoms with E-state index in [9.17, 15) is 13.2 Å². The number of aliphatic carboxylic acids is 1. The highest BCUT2D eigenvalue weighted by molar-refractivity contribution is 9.10. The van der Waals surface area contributed by atoms with Gasteiger partial charge in [0.05, 0.1) is 18.1 Å². The first-order valence-corrected chi connectivity index (χ1v) is 8.07. The minimum absolute atomic E-state index is 0.0228. The molecule has 1 fully saturated rings. The third-order valence-electron chi connectivity index (χ3n) is 2.98. The summed E-state index contributed by atoms with van der Waals surface area (Å²) < 4.78 is 29.8. The van der Waals surface area contributed by atoms with Crippen molar-refractivity contribution in [2.75, 3.05) is 13.2 Å². The average molecular weight is 349 g/mol. The van der Waals surface area contributed by atoms with Crippen LogP contribution in [0.15, 0.2) is 27.6 Å². The molecule has 0 amide bonds. The summed E-state index contributed by atoms with van der Waals surface area (Å²) in [5.74, 6) is -0.876. The Morgan fingerprint density at radius 1 is 1.42 bits per heavy atom. The minimum atomic E-state index is -3.37. The van der Waals surface area contributed by atoms with Gasteiger partial charge in [-0.25, -0.2) is 8.42 Å². The molecule has 5 nitrogen and oxygen atoms in total. The molecule has 0 radical (unpaired) electrons. The summed E-state index contributed by atoms with van der Waals surface area (Å²) in [6.07, 6.45) is 0.399. The molecule has 2 rings (SSSR count). The molecule has 0 aromatic heterocycles. The molecule has 7 heteroatoms. The third-order valence-corrected chi connectivity index (χ3v) is 6.01. The largest absolute Gasteiger partial charge is 0.481 e. The Hall–Kier alpha value is -0.920. The molecule has 1 N–H and O–H groups in total. The molecule has 1 aliphatic heterocycles. The van der Waals surface area contributed by atoms with Gasteiger partial charge in [0.25, 0.3) is 0 Å². The van der Waals surface area contributed by atoms with Crippen molar-refractivity contribution in [3.05, 3.63) is 28.2 Å². The van der Waals surface area contributed by atoms with Gasteiger partial charge >= 0.3 is 5.97 Å².